The van der Waals surface area contributed by atoms with Crippen molar-refractivity contribution in [3.05, 3.63) is 72.3 Å². The Morgan fingerprint density at radius 1 is 0.864 bits per heavy atom. The number of carbonyl (C=O) groups is 1. The summed E-state index contributed by atoms with van der Waals surface area (Å²) in [5, 5.41) is 2.17. The van der Waals surface area contributed by atoms with Gasteiger partial charge < -0.3 is 4.90 Å². The standard InChI is InChI=1S/C19H14N2O/c1-21-17-12-5-4-10-15(17)18(19(21)22)20-16-11-6-8-13-7-2-3-9-14(13)16/h2-12H,1H3. The fraction of sp³-hybridized carbons (Fsp3) is 0.0526. The van der Waals surface area contributed by atoms with E-state index in [1.54, 1.807) is 11.9 Å². The highest BCUT2D eigenvalue weighted by atomic mass is 16.2. The number of nitrogens with zero attached hydrogens (tertiary/aromatic N) is 2. The lowest BCUT2D eigenvalue weighted by Crippen LogP contribution is -2.25. The quantitative estimate of drug-likeness (QED) is 0.667. The molecular formula is C19H14N2O. The molecule has 0 radical (unpaired) electrons. The molecule has 0 saturated heterocycles. The van der Waals surface area contributed by atoms with Crippen LogP contribution in [0.1, 0.15) is 5.56 Å². The SMILES string of the molecule is CN1C(=O)C(=Nc2cccc3ccccc23)c2ccccc21. The van der Waals surface area contributed by atoms with Gasteiger partial charge in [-0.3, -0.25) is 4.79 Å². The predicted molar refractivity (Wildman–Crippen MR) is 90.0 cm³/mol. The second-order valence-electron chi connectivity index (χ2n) is 5.34. The Kier molecular flexibility index (Phi) is 2.79. The van der Waals surface area contributed by atoms with Gasteiger partial charge in [0.1, 0.15) is 5.71 Å². The maximum Gasteiger partial charge on any atom is 0.277 e. The molecule has 0 unspecified atom stereocenters. The average molecular weight is 286 g/mol. The molecule has 1 heterocycles. The second-order valence-corrected chi connectivity index (χ2v) is 5.34. The molecule has 0 N–H and O–H groups in total. The van der Waals surface area contributed by atoms with Crippen molar-refractivity contribution in [3.63, 3.8) is 0 Å². The molecule has 1 aliphatic rings. The van der Waals surface area contributed by atoms with E-state index < -0.39 is 0 Å². The van der Waals surface area contributed by atoms with Crippen molar-refractivity contribution in [1.82, 2.24) is 0 Å². The first-order valence-corrected chi connectivity index (χ1v) is 7.19. The number of anilines is 1. The largest absolute Gasteiger partial charge is 0.309 e. The summed E-state index contributed by atoms with van der Waals surface area (Å²) in [7, 11) is 1.78. The monoisotopic (exact) mass is 286 g/mol. The molecule has 0 saturated carbocycles. The Labute approximate surface area is 128 Å². The normalized spacial score (nSPS) is 15.6. The van der Waals surface area contributed by atoms with Gasteiger partial charge in [0.2, 0.25) is 0 Å². The van der Waals surface area contributed by atoms with Gasteiger partial charge in [0.15, 0.2) is 0 Å². The highest BCUT2D eigenvalue weighted by Gasteiger charge is 2.30. The first-order chi connectivity index (χ1) is 10.8. The Bertz CT molecular complexity index is 922. The lowest BCUT2D eigenvalue weighted by Gasteiger charge is -2.07. The van der Waals surface area contributed by atoms with Gasteiger partial charge in [0, 0.05) is 18.0 Å². The molecule has 4 rings (SSSR count). The third kappa shape index (κ3) is 1.83. The van der Waals surface area contributed by atoms with Crippen LogP contribution in [0.4, 0.5) is 11.4 Å². The van der Waals surface area contributed by atoms with Crippen LogP contribution < -0.4 is 4.90 Å². The minimum atomic E-state index is -0.0610. The summed E-state index contributed by atoms with van der Waals surface area (Å²) in [6.45, 7) is 0. The van der Waals surface area contributed by atoms with Gasteiger partial charge in [-0.15, -0.1) is 0 Å². The molecule has 3 heteroatoms. The summed E-state index contributed by atoms with van der Waals surface area (Å²) < 4.78 is 0. The van der Waals surface area contributed by atoms with Crippen molar-refractivity contribution >= 4 is 33.8 Å². The van der Waals surface area contributed by atoms with Crippen LogP contribution in [-0.2, 0) is 4.79 Å². The molecule has 1 amide bonds. The number of para-hydroxylation sites is 1. The first-order valence-electron chi connectivity index (χ1n) is 7.19. The van der Waals surface area contributed by atoms with Gasteiger partial charge >= 0.3 is 0 Å². The average Bonchev–Trinajstić information content (AvgIpc) is 2.81. The molecular weight excluding hydrogens is 272 g/mol. The van der Waals surface area contributed by atoms with E-state index in [-0.39, 0.29) is 5.91 Å². The molecule has 3 nitrogen and oxygen atoms in total. The zero-order valence-corrected chi connectivity index (χ0v) is 12.2. The van der Waals surface area contributed by atoms with Crippen LogP contribution in [0.15, 0.2) is 71.7 Å². The van der Waals surface area contributed by atoms with E-state index in [0.29, 0.717) is 5.71 Å². The minimum Gasteiger partial charge on any atom is -0.309 e. The van der Waals surface area contributed by atoms with Crippen molar-refractivity contribution in [1.29, 1.82) is 0 Å². The fourth-order valence-electron chi connectivity index (χ4n) is 2.88. The Balaban J connectivity index is 1.94. The zero-order valence-electron chi connectivity index (χ0n) is 12.2. The third-order valence-corrected chi connectivity index (χ3v) is 4.03. The molecule has 3 aromatic carbocycles. The lowest BCUT2D eigenvalue weighted by atomic mass is 10.1. The zero-order chi connectivity index (χ0) is 15.1. The van der Waals surface area contributed by atoms with Gasteiger partial charge in [0.05, 0.1) is 11.4 Å². The Morgan fingerprint density at radius 3 is 2.50 bits per heavy atom. The number of aliphatic imine (C=N–C) groups is 1. The van der Waals surface area contributed by atoms with Crippen LogP contribution >= 0.6 is 0 Å². The van der Waals surface area contributed by atoms with E-state index in [1.165, 1.54) is 0 Å². The molecule has 3 aromatic rings. The van der Waals surface area contributed by atoms with Crippen LogP contribution in [0.5, 0.6) is 0 Å². The van der Waals surface area contributed by atoms with E-state index in [9.17, 15) is 4.79 Å². The molecule has 0 atom stereocenters. The van der Waals surface area contributed by atoms with Gasteiger partial charge in [-0.25, -0.2) is 4.99 Å². The van der Waals surface area contributed by atoms with Crippen LogP contribution in [-0.4, -0.2) is 18.7 Å². The van der Waals surface area contributed by atoms with Crippen molar-refractivity contribution in [2.45, 2.75) is 0 Å². The topological polar surface area (TPSA) is 32.7 Å². The predicted octanol–water partition coefficient (Wildman–Crippen LogP) is 3.94. The molecule has 22 heavy (non-hydrogen) atoms. The number of fused-ring (bicyclic) bond motifs is 2. The maximum atomic E-state index is 12.5. The minimum absolute atomic E-state index is 0.0610. The highest BCUT2D eigenvalue weighted by molar-refractivity contribution is 6.54. The molecule has 1 aliphatic heterocycles. The number of amides is 1. The summed E-state index contributed by atoms with van der Waals surface area (Å²) in [5.74, 6) is -0.0610. The van der Waals surface area contributed by atoms with E-state index in [4.69, 9.17) is 0 Å². The van der Waals surface area contributed by atoms with Crippen LogP contribution in [0.3, 0.4) is 0 Å². The first kappa shape index (κ1) is 12.8. The molecule has 0 fully saturated rings. The fourth-order valence-corrected chi connectivity index (χ4v) is 2.88. The molecule has 106 valence electrons. The van der Waals surface area contributed by atoms with Gasteiger partial charge in [-0.05, 0) is 17.5 Å². The number of benzene rings is 3. The molecule has 0 bridgehead atoms. The molecule has 0 aromatic heterocycles. The van der Waals surface area contributed by atoms with E-state index in [1.807, 2.05) is 54.6 Å². The molecule has 0 spiro atoms. The van der Waals surface area contributed by atoms with Crippen molar-refractivity contribution in [2.24, 2.45) is 4.99 Å². The van der Waals surface area contributed by atoms with E-state index in [2.05, 4.69) is 17.1 Å². The summed E-state index contributed by atoms with van der Waals surface area (Å²) in [6, 6.07) is 21.8. The van der Waals surface area contributed by atoms with Gasteiger partial charge in [-0.1, -0.05) is 54.6 Å². The Hall–Kier alpha value is -2.94. The van der Waals surface area contributed by atoms with Crippen molar-refractivity contribution in [3.8, 4) is 0 Å². The summed E-state index contributed by atoms with van der Waals surface area (Å²) >= 11 is 0. The van der Waals surface area contributed by atoms with Crippen molar-refractivity contribution < 1.29 is 4.79 Å². The van der Waals surface area contributed by atoms with E-state index >= 15 is 0 Å². The third-order valence-electron chi connectivity index (χ3n) is 4.03. The van der Waals surface area contributed by atoms with Crippen LogP contribution in [0.25, 0.3) is 10.8 Å². The van der Waals surface area contributed by atoms with Crippen LogP contribution in [0.2, 0.25) is 0 Å². The summed E-state index contributed by atoms with van der Waals surface area (Å²) in [4.78, 5) is 18.8. The highest BCUT2D eigenvalue weighted by Crippen LogP contribution is 2.31. The number of likely N-dealkylation sites (N-methyl/N-ethyl adjacent to an activating group) is 1. The van der Waals surface area contributed by atoms with Gasteiger partial charge in [0.25, 0.3) is 5.91 Å². The smallest absolute Gasteiger partial charge is 0.277 e. The Morgan fingerprint density at radius 2 is 1.59 bits per heavy atom. The second kappa shape index (κ2) is 4.81. The number of hydrogen-bond donors (Lipinski definition) is 0. The number of rotatable bonds is 1. The van der Waals surface area contributed by atoms with Gasteiger partial charge in [-0.2, -0.15) is 0 Å². The van der Waals surface area contributed by atoms with Crippen LogP contribution in [0, 0.1) is 0 Å². The summed E-state index contributed by atoms with van der Waals surface area (Å²) in [6.07, 6.45) is 0. The van der Waals surface area contributed by atoms with Crippen molar-refractivity contribution in [2.75, 3.05) is 11.9 Å². The number of carbonyl (C=O) groups excluding carboxylic acids is 1. The maximum absolute atomic E-state index is 12.5. The molecule has 0 aliphatic carbocycles. The number of hydrogen-bond acceptors (Lipinski definition) is 2. The lowest BCUT2D eigenvalue weighted by molar-refractivity contribution is -0.111. The van der Waals surface area contributed by atoms with E-state index in [0.717, 1.165) is 27.7 Å². The summed E-state index contributed by atoms with van der Waals surface area (Å²) in [5.41, 5.74) is 3.13.